The number of carbonyl (C=O) groups is 1. The van der Waals surface area contributed by atoms with E-state index in [0.717, 1.165) is 15.8 Å². The minimum atomic E-state index is -1.13. The third-order valence-electron chi connectivity index (χ3n) is 4.67. The Morgan fingerprint density at radius 3 is 2.72 bits per heavy atom. The SMILES string of the molecule is COCCC(C(=O)O)n1cc(OC)c(-c2cc(Cl)ccc2C2=NOCC2)cc1=O. The van der Waals surface area contributed by atoms with Crippen molar-refractivity contribution in [1.29, 1.82) is 0 Å². The number of carboxylic acid groups (broad SMARTS) is 1. The molecule has 0 saturated carbocycles. The molecule has 2 heterocycles. The summed E-state index contributed by atoms with van der Waals surface area (Å²) < 4.78 is 11.6. The first kappa shape index (κ1) is 20.9. The van der Waals surface area contributed by atoms with Crippen LogP contribution in [0, 0.1) is 0 Å². The van der Waals surface area contributed by atoms with Crippen molar-refractivity contribution in [3.05, 3.63) is 51.4 Å². The molecule has 0 saturated heterocycles. The van der Waals surface area contributed by atoms with Gasteiger partial charge in [0.25, 0.3) is 5.56 Å². The number of pyridine rings is 1. The molecule has 0 amide bonds. The van der Waals surface area contributed by atoms with Crippen LogP contribution in [0.3, 0.4) is 0 Å². The summed E-state index contributed by atoms with van der Waals surface area (Å²) >= 11 is 6.20. The lowest BCUT2D eigenvalue weighted by Gasteiger charge is -2.19. The van der Waals surface area contributed by atoms with Crippen molar-refractivity contribution in [3.63, 3.8) is 0 Å². The maximum absolute atomic E-state index is 12.8. The van der Waals surface area contributed by atoms with Crippen molar-refractivity contribution in [2.75, 3.05) is 27.4 Å². The number of hydrogen-bond acceptors (Lipinski definition) is 6. The molecule has 0 spiro atoms. The van der Waals surface area contributed by atoms with Gasteiger partial charge in [-0.3, -0.25) is 9.36 Å². The van der Waals surface area contributed by atoms with Gasteiger partial charge >= 0.3 is 5.97 Å². The highest BCUT2D eigenvalue weighted by Gasteiger charge is 2.24. The minimum Gasteiger partial charge on any atom is -0.495 e. The summed E-state index contributed by atoms with van der Waals surface area (Å²) in [5, 5.41) is 14.1. The van der Waals surface area contributed by atoms with E-state index in [4.69, 9.17) is 25.9 Å². The molecule has 8 nitrogen and oxygen atoms in total. The molecule has 29 heavy (non-hydrogen) atoms. The Hall–Kier alpha value is -2.84. The maximum atomic E-state index is 12.8. The van der Waals surface area contributed by atoms with Crippen LogP contribution >= 0.6 is 11.6 Å². The standard InChI is InChI=1S/C20H21ClN2O6/c1-27-7-6-17(20(25)26)23-11-18(28-2)15(10-19(23)24)14-9-12(21)3-4-13(14)16-5-8-29-22-16/h3-4,9-11,17H,5-8H2,1-2H3,(H,25,26). The van der Waals surface area contributed by atoms with Gasteiger partial charge in [0.15, 0.2) is 0 Å². The van der Waals surface area contributed by atoms with Crippen molar-refractivity contribution in [3.8, 4) is 16.9 Å². The summed E-state index contributed by atoms with van der Waals surface area (Å²) in [5.74, 6) is -0.781. The number of aliphatic carboxylic acids is 1. The van der Waals surface area contributed by atoms with E-state index < -0.39 is 17.6 Å². The van der Waals surface area contributed by atoms with Crippen LogP contribution in [0.2, 0.25) is 5.02 Å². The minimum absolute atomic E-state index is 0.144. The Morgan fingerprint density at radius 1 is 1.31 bits per heavy atom. The average Bonchev–Trinajstić information content (AvgIpc) is 3.23. The number of hydrogen-bond donors (Lipinski definition) is 1. The lowest BCUT2D eigenvalue weighted by molar-refractivity contribution is -0.141. The summed E-state index contributed by atoms with van der Waals surface area (Å²) in [5.41, 5.74) is 2.20. The molecule has 1 aromatic heterocycles. The molecule has 1 N–H and O–H groups in total. The van der Waals surface area contributed by atoms with Crippen molar-refractivity contribution in [1.82, 2.24) is 4.57 Å². The van der Waals surface area contributed by atoms with Gasteiger partial charge in [-0.2, -0.15) is 0 Å². The van der Waals surface area contributed by atoms with E-state index in [1.165, 1.54) is 26.5 Å². The number of methoxy groups -OCH3 is 2. The van der Waals surface area contributed by atoms with Crippen LogP contribution in [0.4, 0.5) is 0 Å². The van der Waals surface area contributed by atoms with E-state index in [1.807, 2.05) is 6.07 Å². The van der Waals surface area contributed by atoms with Gasteiger partial charge in [-0.15, -0.1) is 0 Å². The van der Waals surface area contributed by atoms with E-state index in [9.17, 15) is 14.7 Å². The first-order chi connectivity index (χ1) is 14.0. The topological polar surface area (TPSA) is 99.3 Å². The lowest BCUT2D eigenvalue weighted by atomic mass is 9.95. The second kappa shape index (κ2) is 9.11. The molecule has 0 bridgehead atoms. The quantitative estimate of drug-likeness (QED) is 0.704. The van der Waals surface area contributed by atoms with Crippen LogP contribution < -0.4 is 10.3 Å². The Labute approximate surface area is 172 Å². The number of benzene rings is 1. The molecule has 1 aliphatic heterocycles. The van der Waals surface area contributed by atoms with Crippen LogP contribution in [-0.2, 0) is 14.4 Å². The summed E-state index contributed by atoms with van der Waals surface area (Å²) in [6.45, 7) is 0.682. The predicted octanol–water partition coefficient (Wildman–Crippen LogP) is 2.96. The van der Waals surface area contributed by atoms with Crippen molar-refractivity contribution < 1.29 is 24.2 Å². The summed E-state index contributed by atoms with van der Waals surface area (Å²) in [4.78, 5) is 29.6. The molecular formula is C20H21ClN2O6. The van der Waals surface area contributed by atoms with Crippen molar-refractivity contribution >= 4 is 23.3 Å². The van der Waals surface area contributed by atoms with Crippen molar-refractivity contribution in [2.45, 2.75) is 18.9 Å². The number of halogens is 1. The first-order valence-electron chi connectivity index (χ1n) is 8.97. The van der Waals surface area contributed by atoms with Crippen LogP contribution in [0.25, 0.3) is 11.1 Å². The molecule has 0 aliphatic carbocycles. The lowest BCUT2D eigenvalue weighted by Crippen LogP contribution is -2.30. The van der Waals surface area contributed by atoms with E-state index in [1.54, 1.807) is 12.1 Å². The van der Waals surface area contributed by atoms with Crippen LogP contribution in [0.5, 0.6) is 5.75 Å². The fourth-order valence-corrected chi connectivity index (χ4v) is 3.41. The Balaban J connectivity index is 2.15. The zero-order valence-electron chi connectivity index (χ0n) is 16.1. The van der Waals surface area contributed by atoms with Gasteiger partial charge in [-0.05, 0) is 17.7 Å². The fraction of sp³-hybridized carbons (Fsp3) is 0.350. The van der Waals surface area contributed by atoms with E-state index in [0.29, 0.717) is 34.9 Å². The summed E-state index contributed by atoms with van der Waals surface area (Å²) in [6.07, 6.45) is 2.18. The highest BCUT2D eigenvalue weighted by Crippen LogP contribution is 2.35. The maximum Gasteiger partial charge on any atom is 0.326 e. The van der Waals surface area contributed by atoms with E-state index >= 15 is 0 Å². The fourth-order valence-electron chi connectivity index (χ4n) is 3.24. The van der Waals surface area contributed by atoms with Gasteiger partial charge in [0.05, 0.1) is 19.0 Å². The number of ether oxygens (including phenoxy) is 2. The van der Waals surface area contributed by atoms with Crippen LogP contribution in [0.1, 0.15) is 24.4 Å². The van der Waals surface area contributed by atoms with Gasteiger partial charge in [-0.1, -0.05) is 22.8 Å². The first-order valence-corrected chi connectivity index (χ1v) is 9.35. The largest absolute Gasteiger partial charge is 0.495 e. The normalized spacial score (nSPS) is 14.2. The third kappa shape index (κ3) is 4.44. The number of aromatic nitrogens is 1. The van der Waals surface area contributed by atoms with Gasteiger partial charge in [0.2, 0.25) is 0 Å². The molecule has 0 fully saturated rings. The molecule has 9 heteroatoms. The summed E-state index contributed by atoms with van der Waals surface area (Å²) in [6, 6.07) is 5.55. The molecule has 0 radical (unpaired) electrons. The molecule has 154 valence electrons. The highest BCUT2D eigenvalue weighted by molar-refractivity contribution is 6.31. The molecule has 1 atom stereocenters. The molecule has 3 rings (SSSR count). The molecule has 1 aromatic carbocycles. The molecule has 2 aromatic rings. The van der Waals surface area contributed by atoms with Gasteiger partial charge in [-0.25, -0.2) is 4.79 Å². The Bertz CT molecular complexity index is 1000. The van der Waals surface area contributed by atoms with E-state index in [-0.39, 0.29) is 13.0 Å². The predicted molar refractivity (Wildman–Crippen MR) is 108 cm³/mol. The number of carboxylic acids is 1. The van der Waals surface area contributed by atoms with Gasteiger partial charge < -0.3 is 19.4 Å². The molecule has 1 aliphatic rings. The smallest absolute Gasteiger partial charge is 0.326 e. The number of oxime groups is 1. The average molecular weight is 421 g/mol. The van der Waals surface area contributed by atoms with Crippen LogP contribution in [-0.4, -0.2) is 48.8 Å². The van der Waals surface area contributed by atoms with Gasteiger partial charge in [0.1, 0.15) is 18.4 Å². The Morgan fingerprint density at radius 2 is 2.10 bits per heavy atom. The monoisotopic (exact) mass is 420 g/mol. The van der Waals surface area contributed by atoms with Gasteiger partial charge in [0, 0.05) is 48.8 Å². The molecular weight excluding hydrogens is 400 g/mol. The van der Waals surface area contributed by atoms with E-state index in [2.05, 4.69) is 5.16 Å². The second-order valence-corrected chi connectivity index (χ2v) is 6.88. The van der Waals surface area contributed by atoms with Crippen LogP contribution in [0.15, 0.2) is 40.4 Å². The zero-order chi connectivity index (χ0) is 21.0. The second-order valence-electron chi connectivity index (χ2n) is 6.45. The molecule has 1 unspecified atom stereocenters. The number of nitrogens with zero attached hydrogens (tertiary/aromatic N) is 2. The third-order valence-corrected chi connectivity index (χ3v) is 4.90. The summed E-state index contributed by atoms with van der Waals surface area (Å²) in [7, 11) is 2.93. The Kier molecular flexibility index (Phi) is 6.56. The highest BCUT2D eigenvalue weighted by atomic mass is 35.5. The van der Waals surface area contributed by atoms with Crippen molar-refractivity contribution in [2.24, 2.45) is 5.16 Å². The number of rotatable bonds is 8. The zero-order valence-corrected chi connectivity index (χ0v) is 16.8.